The van der Waals surface area contributed by atoms with Crippen LogP contribution in [-0.2, 0) is 9.53 Å². The molecule has 1 aliphatic heterocycles. The monoisotopic (exact) mass is 428 g/mol. The summed E-state index contributed by atoms with van der Waals surface area (Å²) in [5, 5.41) is 3.29. The Morgan fingerprint density at radius 1 is 1.10 bits per heavy atom. The Balaban J connectivity index is 2.19. The van der Waals surface area contributed by atoms with Gasteiger partial charge in [0.25, 0.3) is 0 Å². The lowest BCUT2D eigenvalue weighted by Gasteiger charge is -2.35. The zero-order valence-electron chi connectivity index (χ0n) is 16.0. The van der Waals surface area contributed by atoms with Gasteiger partial charge in [-0.05, 0) is 48.9 Å². The maximum absolute atomic E-state index is 14.3. The topological polar surface area (TPSA) is 50.8 Å². The first-order chi connectivity index (χ1) is 13.6. The van der Waals surface area contributed by atoms with E-state index in [0.717, 1.165) is 12.0 Å². The average molecular weight is 429 g/mol. The standard InChI is InChI=1S/C20H20ClF3N2O3/c1-19(18(27)29-3)17(20(22,23)24)26(14-8-10-15(28-2)11-9-14)16(25-19)12-4-6-13(21)7-5-12/h4-11,16-17,25H,1-3H3/t16-,17-,19-/m1/s1. The fourth-order valence-electron chi connectivity index (χ4n) is 3.67. The largest absolute Gasteiger partial charge is 0.497 e. The molecule has 3 atom stereocenters. The van der Waals surface area contributed by atoms with E-state index in [1.807, 2.05) is 0 Å². The molecule has 5 nitrogen and oxygen atoms in total. The molecule has 29 heavy (non-hydrogen) atoms. The molecule has 0 aromatic heterocycles. The van der Waals surface area contributed by atoms with Gasteiger partial charge >= 0.3 is 12.1 Å². The number of anilines is 1. The fourth-order valence-corrected chi connectivity index (χ4v) is 3.79. The summed E-state index contributed by atoms with van der Waals surface area (Å²) < 4.78 is 52.6. The highest BCUT2D eigenvalue weighted by molar-refractivity contribution is 6.30. The molecule has 1 fully saturated rings. The minimum Gasteiger partial charge on any atom is -0.497 e. The number of carbonyl (C=O) groups excluding carboxylic acids is 1. The number of rotatable bonds is 4. The van der Waals surface area contributed by atoms with E-state index in [2.05, 4.69) is 5.32 Å². The van der Waals surface area contributed by atoms with Crippen molar-refractivity contribution in [3.8, 4) is 5.75 Å². The van der Waals surface area contributed by atoms with Gasteiger partial charge in [0.1, 0.15) is 17.5 Å². The maximum atomic E-state index is 14.3. The molecule has 2 aromatic rings. The van der Waals surface area contributed by atoms with E-state index in [0.29, 0.717) is 16.3 Å². The van der Waals surface area contributed by atoms with Crippen LogP contribution in [-0.4, -0.2) is 37.9 Å². The number of halogens is 4. The van der Waals surface area contributed by atoms with Crippen LogP contribution in [0.5, 0.6) is 5.75 Å². The molecule has 3 rings (SSSR count). The third-order valence-corrected chi connectivity index (χ3v) is 5.27. The molecule has 1 N–H and O–H groups in total. The third kappa shape index (κ3) is 3.86. The number of hydrogen-bond acceptors (Lipinski definition) is 5. The van der Waals surface area contributed by atoms with Gasteiger partial charge in [-0.1, -0.05) is 23.7 Å². The summed E-state index contributed by atoms with van der Waals surface area (Å²) in [5.74, 6) is -0.502. The van der Waals surface area contributed by atoms with E-state index in [9.17, 15) is 18.0 Å². The minimum atomic E-state index is -4.73. The molecule has 0 saturated carbocycles. The van der Waals surface area contributed by atoms with Crippen molar-refractivity contribution >= 4 is 23.3 Å². The summed E-state index contributed by atoms with van der Waals surface area (Å²) in [5.41, 5.74) is -1.24. The number of nitrogens with one attached hydrogen (secondary N) is 1. The summed E-state index contributed by atoms with van der Waals surface area (Å²) >= 11 is 5.93. The smallest absolute Gasteiger partial charge is 0.411 e. The second-order valence-corrected chi connectivity index (χ2v) is 7.28. The van der Waals surface area contributed by atoms with Crippen LogP contribution < -0.4 is 15.0 Å². The first-order valence-corrected chi connectivity index (χ1v) is 9.10. The Kier molecular flexibility index (Phi) is 5.69. The van der Waals surface area contributed by atoms with E-state index >= 15 is 0 Å². The van der Waals surface area contributed by atoms with Gasteiger partial charge < -0.3 is 14.4 Å². The van der Waals surface area contributed by atoms with Gasteiger partial charge in [0.2, 0.25) is 0 Å². The predicted molar refractivity (Wildman–Crippen MR) is 103 cm³/mol. The van der Waals surface area contributed by atoms with Crippen molar-refractivity contribution in [2.45, 2.75) is 30.8 Å². The van der Waals surface area contributed by atoms with Crippen molar-refractivity contribution in [3.63, 3.8) is 0 Å². The summed E-state index contributed by atoms with van der Waals surface area (Å²) in [7, 11) is 2.53. The number of benzene rings is 2. The van der Waals surface area contributed by atoms with Crippen LogP contribution in [0.25, 0.3) is 0 Å². The van der Waals surface area contributed by atoms with Gasteiger partial charge in [0, 0.05) is 10.7 Å². The van der Waals surface area contributed by atoms with Crippen molar-refractivity contribution in [3.05, 3.63) is 59.1 Å². The highest BCUT2D eigenvalue weighted by atomic mass is 35.5. The van der Waals surface area contributed by atoms with E-state index in [1.165, 1.54) is 26.2 Å². The highest BCUT2D eigenvalue weighted by Crippen LogP contribution is 2.46. The van der Waals surface area contributed by atoms with E-state index in [1.54, 1.807) is 36.4 Å². The number of alkyl halides is 3. The molecular formula is C20H20ClF3N2O3. The van der Waals surface area contributed by atoms with E-state index in [-0.39, 0.29) is 5.69 Å². The third-order valence-electron chi connectivity index (χ3n) is 5.02. The van der Waals surface area contributed by atoms with Crippen molar-refractivity contribution in [1.82, 2.24) is 5.32 Å². The number of carbonyl (C=O) groups is 1. The molecule has 0 amide bonds. The first kappa shape index (κ1) is 21.3. The highest BCUT2D eigenvalue weighted by Gasteiger charge is 2.65. The van der Waals surface area contributed by atoms with E-state index < -0.39 is 29.9 Å². The van der Waals surface area contributed by atoms with Crippen molar-refractivity contribution in [2.75, 3.05) is 19.1 Å². The van der Waals surface area contributed by atoms with Crippen LogP contribution in [0.3, 0.4) is 0 Å². The van der Waals surface area contributed by atoms with Gasteiger partial charge in [0.15, 0.2) is 6.04 Å². The lowest BCUT2D eigenvalue weighted by molar-refractivity contribution is -0.174. The van der Waals surface area contributed by atoms with Crippen LogP contribution in [0.4, 0.5) is 18.9 Å². The summed E-state index contributed by atoms with van der Waals surface area (Å²) in [6.07, 6.45) is -5.67. The molecular weight excluding hydrogens is 409 g/mol. The maximum Gasteiger partial charge on any atom is 0.411 e. The average Bonchev–Trinajstić information content (AvgIpc) is 3.02. The molecule has 1 heterocycles. The van der Waals surface area contributed by atoms with Gasteiger partial charge in [-0.15, -0.1) is 0 Å². The molecule has 2 aromatic carbocycles. The zero-order chi connectivity index (χ0) is 21.4. The Labute approximate surface area is 171 Å². The van der Waals surface area contributed by atoms with E-state index in [4.69, 9.17) is 21.1 Å². The Bertz CT molecular complexity index is 874. The quantitative estimate of drug-likeness (QED) is 0.735. The number of ether oxygens (including phenoxy) is 2. The van der Waals surface area contributed by atoms with Crippen molar-refractivity contribution < 1.29 is 27.4 Å². The van der Waals surface area contributed by atoms with Gasteiger partial charge in [-0.2, -0.15) is 13.2 Å². The molecule has 9 heteroatoms. The molecule has 0 bridgehead atoms. The Hall–Kier alpha value is -2.45. The minimum absolute atomic E-state index is 0.271. The summed E-state index contributed by atoms with van der Waals surface area (Å²) in [6, 6.07) is 10.4. The van der Waals surface area contributed by atoms with Gasteiger partial charge in [0.05, 0.1) is 14.2 Å². The Morgan fingerprint density at radius 3 is 2.17 bits per heavy atom. The van der Waals surface area contributed by atoms with Crippen LogP contribution >= 0.6 is 11.6 Å². The molecule has 0 spiro atoms. The molecule has 0 radical (unpaired) electrons. The number of methoxy groups -OCH3 is 2. The second kappa shape index (κ2) is 7.76. The normalized spacial score (nSPS) is 24.4. The van der Waals surface area contributed by atoms with Gasteiger partial charge in [-0.25, -0.2) is 4.79 Å². The summed E-state index contributed by atoms with van der Waals surface area (Å²) in [6.45, 7) is 1.20. The summed E-state index contributed by atoms with van der Waals surface area (Å²) in [4.78, 5) is 13.6. The zero-order valence-corrected chi connectivity index (χ0v) is 16.7. The predicted octanol–water partition coefficient (Wildman–Crippen LogP) is 4.32. The van der Waals surface area contributed by atoms with Crippen LogP contribution in [0.15, 0.2) is 48.5 Å². The molecule has 0 unspecified atom stereocenters. The number of esters is 1. The lowest BCUT2D eigenvalue weighted by atomic mass is 9.92. The molecule has 1 saturated heterocycles. The molecule has 156 valence electrons. The van der Waals surface area contributed by atoms with Crippen LogP contribution in [0.2, 0.25) is 5.02 Å². The number of hydrogen-bond donors (Lipinski definition) is 1. The number of nitrogens with zero attached hydrogens (tertiary/aromatic N) is 1. The first-order valence-electron chi connectivity index (χ1n) is 8.72. The lowest BCUT2D eigenvalue weighted by Crippen LogP contribution is -2.60. The van der Waals surface area contributed by atoms with Crippen LogP contribution in [0.1, 0.15) is 18.7 Å². The second-order valence-electron chi connectivity index (χ2n) is 6.84. The van der Waals surface area contributed by atoms with Crippen molar-refractivity contribution in [2.24, 2.45) is 0 Å². The fraction of sp³-hybridized carbons (Fsp3) is 0.350. The molecule has 0 aliphatic carbocycles. The van der Waals surface area contributed by atoms with Gasteiger partial charge in [-0.3, -0.25) is 5.32 Å². The van der Waals surface area contributed by atoms with Crippen LogP contribution in [0, 0.1) is 0 Å². The van der Waals surface area contributed by atoms with Crippen molar-refractivity contribution in [1.29, 1.82) is 0 Å². The SMILES string of the molecule is COC(=O)[C@]1(C)N[C@@H](c2ccc(Cl)cc2)N(c2ccc(OC)cc2)[C@H]1C(F)(F)F. The Morgan fingerprint density at radius 2 is 1.69 bits per heavy atom. The molecule has 1 aliphatic rings.